The van der Waals surface area contributed by atoms with Crippen LogP contribution in [0.15, 0.2) is 42.0 Å². The molecule has 1 aromatic rings. The van der Waals surface area contributed by atoms with Crippen LogP contribution in [0.25, 0.3) is 0 Å². The molecular formula is C15H16O2. The highest BCUT2D eigenvalue weighted by Gasteiger charge is 2.21. The molecule has 2 nitrogen and oxygen atoms in total. The first-order valence-electron chi connectivity index (χ1n) is 5.97. The second-order valence-corrected chi connectivity index (χ2v) is 4.51. The van der Waals surface area contributed by atoms with Crippen molar-refractivity contribution in [1.82, 2.24) is 0 Å². The van der Waals surface area contributed by atoms with Gasteiger partial charge in [-0.1, -0.05) is 36.4 Å². The summed E-state index contributed by atoms with van der Waals surface area (Å²) in [4.78, 5) is 23.4. The van der Waals surface area contributed by atoms with Gasteiger partial charge in [-0.3, -0.25) is 9.59 Å². The normalized spacial score (nSPS) is 19.6. The van der Waals surface area contributed by atoms with E-state index in [2.05, 4.69) is 0 Å². The summed E-state index contributed by atoms with van der Waals surface area (Å²) >= 11 is 0. The van der Waals surface area contributed by atoms with Crippen LogP contribution in [0.3, 0.4) is 0 Å². The van der Waals surface area contributed by atoms with Gasteiger partial charge >= 0.3 is 0 Å². The molecule has 0 heterocycles. The molecule has 0 bridgehead atoms. The molecule has 1 aliphatic carbocycles. The topological polar surface area (TPSA) is 34.1 Å². The Bertz CT molecular complexity index is 457. The van der Waals surface area contributed by atoms with E-state index in [0.29, 0.717) is 6.42 Å². The fraction of sp³-hybridized carbons (Fsp3) is 0.333. The van der Waals surface area contributed by atoms with Crippen molar-refractivity contribution in [2.45, 2.75) is 26.2 Å². The van der Waals surface area contributed by atoms with Gasteiger partial charge in [0.15, 0.2) is 5.78 Å². The number of ketones is 2. The third-order valence-electron chi connectivity index (χ3n) is 3.31. The van der Waals surface area contributed by atoms with Crippen molar-refractivity contribution in [3.05, 3.63) is 47.5 Å². The largest absolute Gasteiger partial charge is 0.300 e. The van der Waals surface area contributed by atoms with Gasteiger partial charge in [0.1, 0.15) is 5.78 Å². The van der Waals surface area contributed by atoms with Gasteiger partial charge in [0.05, 0.1) is 0 Å². The molecule has 1 aliphatic rings. The van der Waals surface area contributed by atoms with Crippen LogP contribution in [-0.4, -0.2) is 11.6 Å². The monoisotopic (exact) mass is 228 g/mol. The fourth-order valence-corrected chi connectivity index (χ4v) is 2.18. The number of rotatable bonds is 3. The minimum Gasteiger partial charge on any atom is -0.300 e. The van der Waals surface area contributed by atoms with Crippen molar-refractivity contribution < 1.29 is 9.59 Å². The number of carbonyl (C=O) groups excluding carboxylic acids is 2. The Labute approximate surface area is 101 Å². The summed E-state index contributed by atoms with van der Waals surface area (Å²) in [6.07, 6.45) is 4.17. The molecule has 0 saturated heterocycles. The van der Waals surface area contributed by atoms with Crippen molar-refractivity contribution in [2.24, 2.45) is 5.92 Å². The van der Waals surface area contributed by atoms with Crippen LogP contribution in [0, 0.1) is 5.92 Å². The lowest BCUT2D eigenvalue weighted by Crippen LogP contribution is -2.16. The first-order chi connectivity index (χ1) is 8.18. The van der Waals surface area contributed by atoms with Gasteiger partial charge < -0.3 is 0 Å². The van der Waals surface area contributed by atoms with Gasteiger partial charge in [0, 0.05) is 11.5 Å². The van der Waals surface area contributed by atoms with Crippen molar-refractivity contribution in [2.75, 3.05) is 0 Å². The van der Waals surface area contributed by atoms with E-state index in [0.717, 1.165) is 24.0 Å². The maximum atomic E-state index is 12.1. The number of Topliss-reactive ketones (excluding diaryl/α,β-unsaturated/α-hetero) is 2. The summed E-state index contributed by atoms with van der Waals surface area (Å²) in [6, 6.07) is 9.31. The molecule has 1 unspecified atom stereocenters. The lowest BCUT2D eigenvalue weighted by molar-refractivity contribution is -0.120. The number of hydrogen-bond donors (Lipinski definition) is 0. The van der Waals surface area contributed by atoms with Crippen LogP contribution in [0.4, 0.5) is 0 Å². The second-order valence-electron chi connectivity index (χ2n) is 4.51. The summed E-state index contributed by atoms with van der Waals surface area (Å²) in [5.74, 6) is 0.447. The first kappa shape index (κ1) is 11.8. The molecule has 88 valence electrons. The third kappa shape index (κ3) is 2.70. The van der Waals surface area contributed by atoms with Crippen molar-refractivity contribution in [3.63, 3.8) is 0 Å². The number of benzene rings is 1. The minimum absolute atomic E-state index is 0.104. The Morgan fingerprint density at radius 2 is 1.88 bits per heavy atom. The molecular weight excluding hydrogens is 212 g/mol. The van der Waals surface area contributed by atoms with Gasteiger partial charge in [-0.2, -0.15) is 0 Å². The van der Waals surface area contributed by atoms with Crippen molar-refractivity contribution >= 4 is 11.6 Å². The summed E-state index contributed by atoms with van der Waals surface area (Å²) in [6.45, 7) is 1.63. The Morgan fingerprint density at radius 3 is 2.41 bits per heavy atom. The molecule has 1 atom stereocenters. The molecule has 0 spiro atoms. The van der Waals surface area contributed by atoms with E-state index in [1.807, 2.05) is 36.4 Å². The summed E-state index contributed by atoms with van der Waals surface area (Å²) in [5.41, 5.74) is 1.59. The highest BCUT2D eigenvalue weighted by molar-refractivity contribution is 6.08. The van der Waals surface area contributed by atoms with E-state index in [4.69, 9.17) is 0 Å². The van der Waals surface area contributed by atoms with E-state index >= 15 is 0 Å². The summed E-state index contributed by atoms with van der Waals surface area (Å²) in [5, 5.41) is 0. The molecule has 0 aromatic heterocycles. The Morgan fingerprint density at radius 1 is 1.18 bits per heavy atom. The number of hydrogen-bond acceptors (Lipinski definition) is 2. The van der Waals surface area contributed by atoms with Crippen molar-refractivity contribution in [3.8, 4) is 0 Å². The van der Waals surface area contributed by atoms with Crippen molar-refractivity contribution in [1.29, 1.82) is 0 Å². The Kier molecular flexibility index (Phi) is 3.52. The van der Waals surface area contributed by atoms with Gasteiger partial charge in [-0.05, 0) is 31.8 Å². The molecule has 0 N–H and O–H groups in total. The zero-order chi connectivity index (χ0) is 12.3. The second kappa shape index (κ2) is 5.09. The maximum Gasteiger partial charge on any atom is 0.188 e. The SMILES string of the molecule is CC(=O)C1CC=C(C(=O)c2ccccc2)CC1. The number of allylic oxidation sites excluding steroid dienone is 2. The van der Waals surface area contributed by atoms with Crippen LogP contribution in [-0.2, 0) is 4.79 Å². The zero-order valence-electron chi connectivity index (χ0n) is 9.98. The molecule has 2 heteroatoms. The standard InChI is InChI=1S/C15H16O2/c1-11(16)12-7-9-14(10-8-12)15(17)13-5-3-2-4-6-13/h2-6,9,12H,7-8,10H2,1H3. The first-order valence-corrected chi connectivity index (χ1v) is 5.97. The molecule has 1 aromatic carbocycles. The van der Waals surface area contributed by atoms with E-state index in [1.54, 1.807) is 6.92 Å². The smallest absolute Gasteiger partial charge is 0.188 e. The van der Waals surface area contributed by atoms with Crippen LogP contribution in [0.5, 0.6) is 0 Å². The highest BCUT2D eigenvalue weighted by Crippen LogP contribution is 2.26. The average Bonchev–Trinajstić information content (AvgIpc) is 2.39. The van der Waals surface area contributed by atoms with Gasteiger partial charge in [0.25, 0.3) is 0 Å². The van der Waals surface area contributed by atoms with E-state index in [-0.39, 0.29) is 17.5 Å². The Balaban J connectivity index is 2.10. The van der Waals surface area contributed by atoms with E-state index in [1.165, 1.54) is 0 Å². The fourth-order valence-electron chi connectivity index (χ4n) is 2.18. The van der Waals surface area contributed by atoms with E-state index < -0.39 is 0 Å². The van der Waals surface area contributed by atoms with E-state index in [9.17, 15) is 9.59 Å². The van der Waals surface area contributed by atoms with Gasteiger partial charge in [-0.25, -0.2) is 0 Å². The van der Waals surface area contributed by atoms with Crippen LogP contribution >= 0.6 is 0 Å². The molecule has 2 rings (SSSR count). The molecule has 0 radical (unpaired) electrons. The lowest BCUT2D eigenvalue weighted by atomic mass is 9.84. The predicted molar refractivity (Wildman–Crippen MR) is 66.9 cm³/mol. The average molecular weight is 228 g/mol. The third-order valence-corrected chi connectivity index (χ3v) is 3.31. The number of carbonyl (C=O) groups is 2. The lowest BCUT2D eigenvalue weighted by Gasteiger charge is -2.18. The molecule has 0 saturated carbocycles. The predicted octanol–water partition coefficient (Wildman–Crippen LogP) is 3.18. The van der Waals surface area contributed by atoms with Gasteiger partial charge in [-0.15, -0.1) is 0 Å². The maximum absolute atomic E-state index is 12.1. The van der Waals surface area contributed by atoms with Crippen LogP contribution in [0.2, 0.25) is 0 Å². The molecule has 0 fully saturated rings. The quantitative estimate of drug-likeness (QED) is 0.744. The molecule has 0 amide bonds. The molecule has 0 aliphatic heterocycles. The summed E-state index contributed by atoms with van der Waals surface area (Å²) in [7, 11) is 0. The minimum atomic E-state index is 0.104. The Hall–Kier alpha value is -1.70. The molecule has 17 heavy (non-hydrogen) atoms. The highest BCUT2D eigenvalue weighted by atomic mass is 16.1. The van der Waals surface area contributed by atoms with Gasteiger partial charge in [0.2, 0.25) is 0 Å². The zero-order valence-corrected chi connectivity index (χ0v) is 9.98. The van der Waals surface area contributed by atoms with Crippen LogP contribution in [0.1, 0.15) is 36.5 Å². The van der Waals surface area contributed by atoms with Crippen LogP contribution < -0.4 is 0 Å². The summed E-state index contributed by atoms with van der Waals surface area (Å²) < 4.78 is 0.